The topological polar surface area (TPSA) is 43.4 Å². The summed E-state index contributed by atoms with van der Waals surface area (Å²) in [5.74, 6) is 2.99. The van der Waals surface area contributed by atoms with Crippen LogP contribution in [0, 0.1) is 18.4 Å². The van der Waals surface area contributed by atoms with Crippen LogP contribution in [-0.4, -0.2) is 23.1 Å². The zero-order valence-electron chi connectivity index (χ0n) is 11.9. The van der Waals surface area contributed by atoms with Gasteiger partial charge in [0.1, 0.15) is 8.07 Å². The first-order valence-corrected chi connectivity index (χ1v) is 11.1. The fourth-order valence-corrected chi connectivity index (χ4v) is 3.22. The van der Waals surface area contributed by atoms with Crippen molar-refractivity contribution in [2.24, 2.45) is 0 Å². The molecule has 0 saturated heterocycles. The van der Waals surface area contributed by atoms with Crippen LogP contribution in [0.4, 0.5) is 0 Å². The van der Waals surface area contributed by atoms with E-state index in [1.807, 2.05) is 0 Å². The Morgan fingerprint density at radius 1 is 1.21 bits per heavy atom. The lowest BCUT2D eigenvalue weighted by atomic mass is 10.2. The standard InChI is InChI=1S/C14H20O3SSi/c1-13-9-5-6-10-14(13)18(15,16)17-11-7-8-12-19(2,3)4/h5-6,9-10H,7,11H2,1-4H3. The van der Waals surface area contributed by atoms with Crippen molar-refractivity contribution in [3.8, 4) is 11.5 Å². The molecule has 0 heterocycles. The van der Waals surface area contributed by atoms with Gasteiger partial charge in [0, 0.05) is 6.42 Å². The molecule has 3 nitrogen and oxygen atoms in total. The predicted molar refractivity (Wildman–Crippen MR) is 80.1 cm³/mol. The highest BCUT2D eigenvalue weighted by Crippen LogP contribution is 2.16. The smallest absolute Gasteiger partial charge is 0.265 e. The van der Waals surface area contributed by atoms with Gasteiger partial charge >= 0.3 is 0 Å². The molecule has 1 aromatic rings. The van der Waals surface area contributed by atoms with E-state index in [2.05, 4.69) is 31.1 Å². The second kappa shape index (κ2) is 6.37. The van der Waals surface area contributed by atoms with Crippen LogP contribution in [0.2, 0.25) is 19.6 Å². The summed E-state index contributed by atoms with van der Waals surface area (Å²) in [6.45, 7) is 8.29. The van der Waals surface area contributed by atoms with Gasteiger partial charge < -0.3 is 0 Å². The van der Waals surface area contributed by atoms with E-state index in [1.165, 1.54) is 0 Å². The zero-order valence-corrected chi connectivity index (χ0v) is 13.7. The summed E-state index contributed by atoms with van der Waals surface area (Å²) in [7, 11) is -5.06. The van der Waals surface area contributed by atoms with Crippen molar-refractivity contribution in [2.75, 3.05) is 6.61 Å². The monoisotopic (exact) mass is 296 g/mol. The van der Waals surface area contributed by atoms with Crippen LogP contribution < -0.4 is 0 Å². The second-order valence-corrected chi connectivity index (χ2v) is 11.7. The van der Waals surface area contributed by atoms with E-state index >= 15 is 0 Å². The molecule has 104 valence electrons. The average molecular weight is 296 g/mol. The van der Waals surface area contributed by atoms with E-state index in [0.717, 1.165) is 0 Å². The summed E-state index contributed by atoms with van der Waals surface area (Å²) in [6, 6.07) is 6.79. The van der Waals surface area contributed by atoms with Crippen LogP contribution in [0.15, 0.2) is 29.2 Å². The molecule has 0 aliphatic carbocycles. The van der Waals surface area contributed by atoms with Gasteiger partial charge in [-0.05, 0) is 18.6 Å². The number of hydrogen-bond donors (Lipinski definition) is 0. The third-order valence-corrected chi connectivity index (χ3v) is 4.69. The van der Waals surface area contributed by atoms with Crippen LogP contribution >= 0.6 is 0 Å². The van der Waals surface area contributed by atoms with Gasteiger partial charge in [0.2, 0.25) is 0 Å². The maximum Gasteiger partial charge on any atom is 0.297 e. The molecule has 1 aromatic carbocycles. The van der Waals surface area contributed by atoms with Crippen molar-refractivity contribution < 1.29 is 12.6 Å². The van der Waals surface area contributed by atoms with E-state index < -0.39 is 18.2 Å². The molecule has 0 bridgehead atoms. The molecular formula is C14H20O3SSi. The van der Waals surface area contributed by atoms with Gasteiger partial charge in [0.25, 0.3) is 10.1 Å². The molecule has 5 heteroatoms. The van der Waals surface area contributed by atoms with E-state index in [1.54, 1.807) is 31.2 Å². The van der Waals surface area contributed by atoms with Crippen molar-refractivity contribution in [1.29, 1.82) is 0 Å². The number of rotatable bonds is 4. The number of hydrogen-bond acceptors (Lipinski definition) is 3. The maximum atomic E-state index is 12.0. The van der Waals surface area contributed by atoms with Gasteiger partial charge in [-0.1, -0.05) is 37.8 Å². The Morgan fingerprint density at radius 3 is 2.42 bits per heavy atom. The molecule has 0 atom stereocenters. The highest BCUT2D eigenvalue weighted by atomic mass is 32.2. The van der Waals surface area contributed by atoms with Crippen LogP contribution in [-0.2, 0) is 14.3 Å². The Labute approximate surface area is 117 Å². The summed E-state index contributed by atoms with van der Waals surface area (Å²) < 4.78 is 28.9. The highest BCUT2D eigenvalue weighted by Gasteiger charge is 2.16. The van der Waals surface area contributed by atoms with Crippen molar-refractivity contribution >= 4 is 18.2 Å². The van der Waals surface area contributed by atoms with Crippen LogP contribution in [0.1, 0.15) is 12.0 Å². The molecule has 0 fully saturated rings. The van der Waals surface area contributed by atoms with E-state index in [-0.39, 0.29) is 11.5 Å². The Kier molecular flexibility index (Phi) is 5.35. The predicted octanol–water partition coefficient (Wildman–Crippen LogP) is 2.97. The maximum absolute atomic E-state index is 12.0. The molecule has 0 spiro atoms. The lowest BCUT2D eigenvalue weighted by Crippen LogP contribution is -2.16. The molecule has 1 rings (SSSR count). The molecule has 0 radical (unpaired) electrons. The molecule has 0 saturated carbocycles. The highest BCUT2D eigenvalue weighted by molar-refractivity contribution is 7.86. The minimum atomic E-state index is -3.66. The van der Waals surface area contributed by atoms with Crippen molar-refractivity contribution in [3.63, 3.8) is 0 Å². The largest absolute Gasteiger partial charge is 0.297 e. The van der Waals surface area contributed by atoms with Crippen LogP contribution in [0.5, 0.6) is 0 Å². The summed E-state index contributed by atoms with van der Waals surface area (Å²) >= 11 is 0. The zero-order chi connectivity index (χ0) is 14.5. The fraction of sp³-hybridized carbons (Fsp3) is 0.429. The van der Waals surface area contributed by atoms with E-state index in [9.17, 15) is 8.42 Å². The average Bonchev–Trinajstić information content (AvgIpc) is 2.27. The van der Waals surface area contributed by atoms with Crippen molar-refractivity contribution in [2.45, 2.75) is 37.9 Å². The van der Waals surface area contributed by atoms with Gasteiger partial charge in [-0.15, -0.1) is 11.5 Å². The molecular weight excluding hydrogens is 276 g/mol. The fourth-order valence-electron chi connectivity index (χ4n) is 1.43. The van der Waals surface area contributed by atoms with Crippen LogP contribution in [0.3, 0.4) is 0 Å². The van der Waals surface area contributed by atoms with Gasteiger partial charge in [-0.3, -0.25) is 4.18 Å². The number of aryl methyl sites for hydroxylation is 1. The third kappa shape index (κ3) is 5.60. The normalized spacial score (nSPS) is 11.8. The van der Waals surface area contributed by atoms with Gasteiger partial charge in [-0.2, -0.15) is 8.42 Å². The molecule has 0 aromatic heterocycles. The summed E-state index contributed by atoms with van der Waals surface area (Å²) in [4.78, 5) is 0.230. The van der Waals surface area contributed by atoms with Crippen molar-refractivity contribution in [1.82, 2.24) is 0 Å². The van der Waals surface area contributed by atoms with Crippen LogP contribution in [0.25, 0.3) is 0 Å². The quantitative estimate of drug-likeness (QED) is 0.371. The Bertz CT molecular complexity index is 589. The van der Waals surface area contributed by atoms with E-state index in [0.29, 0.717) is 12.0 Å². The third-order valence-electron chi connectivity index (χ3n) is 2.29. The van der Waals surface area contributed by atoms with E-state index in [4.69, 9.17) is 4.18 Å². The van der Waals surface area contributed by atoms with Gasteiger partial charge in [0.05, 0.1) is 11.5 Å². The Balaban J connectivity index is 2.62. The summed E-state index contributed by atoms with van der Waals surface area (Å²) in [6.07, 6.45) is 0.440. The second-order valence-electron chi connectivity index (χ2n) is 5.34. The lowest BCUT2D eigenvalue weighted by Gasteiger charge is -2.07. The first-order valence-electron chi connectivity index (χ1n) is 6.17. The Morgan fingerprint density at radius 2 is 1.84 bits per heavy atom. The molecule has 0 N–H and O–H groups in total. The SMILES string of the molecule is Cc1ccccc1S(=O)(=O)OCCC#C[Si](C)(C)C. The number of benzene rings is 1. The first-order chi connectivity index (χ1) is 8.72. The molecule has 0 aliphatic rings. The minimum Gasteiger partial charge on any atom is -0.265 e. The molecule has 0 amide bonds. The summed E-state index contributed by atoms with van der Waals surface area (Å²) in [5, 5.41) is 0. The molecule has 0 aliphatic heterocycles. The molecule has 19 heavy (non-hydrogen) atoms. The summed E-state index contributed by atoms with van der Waals surface area (Å²) in [5.41, 5.74) is 3.86. The lowest BCUT2D eigenvalue weighted by molar-refractivity contribution is 0.326. The first kappa shape index (κ1) is 16.0. The van der Waals surface area contributed by atoms with Gasteiger partial charge in [0.15, 0.2) is 0 Å². The van der Waals surface area contributed by atoms with Crippen molar-refractivity contribution in [3.05, 3.63) is 29.8 Å². The molecule has 0 unspecified atom stereocenters. The van der Waals surface area contributed by atoms with Gasteiger partial charge in [-0.25, -0.2) is 0 Å². The Hall–Kier alpha value is -1.09. The minimum absolute atomic E-state index is 0.105.